The third-order valence-electron chi connectivity index (χ3n) is 5.58. The van der Waals surface area contributed by atoms with E-state index in [0.29, 0.717) is 6.42 Å². The summed E-state index contributed by atoms with van der Waals surface area (Å²) in [4.78, 5) is 37.0. The van der Waals surface area contributed by atoms with Gasteiger partial charge in [0.05, 0.1) is 24.0 Å². The Bertz CT molecular complexity index is 645. The number of carbonyl (C=O) groups excluding carboxylic acids is 3. The Hall–Kier alpha value is -1.79. The lowest BCUT2D eigenvalue weighted by molar-refractivity contribution is -0.159. The van der Waals surface area contributed by atoms with Crippen molar-refractivity contribution in [3.8, 4) is 0 Å². The Balaban J connectivity index is 3.21. The molecule has 0 aromatic heterocycles. The second-order valence-electron chi connectivity index (χ2n) is 8.45. The number of cyclic esters (lactones) is 1. The molecule has 6 heteroatoms. The number of rotatable bonds is 1. The van der Waals surface area contributed by atoms with Crippen molar-refractivity contribution in [2.75, 3.05) is 0 Å². The number of ether oxygens (including phenoxy) is 1. The fraction of sp³-hybridized carbons (Fsp3) is 0.682. The van der Waals surface area contributed by atoms with Crippen LogP contribution in [0.1, 0.15) is 60.8 Å². The minimum Gasteiger partial charge on any atom is -0.454 e. The zero-order valence-corrected chi connectivity index (χ0v) is 17.8. The van der Waals surface area contributed by atoms with Gasteiger partial charge in [-0.2, -0.15) is 0 Å². The molecule has 1 rings (SSSR count). The molecule has 1 heterocycles. The van der Waals surface area contributed by atoms with E-state index >= 15 is 0 Å². The summed E-state index contributed by atoms with van der Waals surface area (Å²) in [7, 11) is 0. The van der Waals surface area contributed by atoms with Crippen LogP contribution in [0.25, 0.3) is 0 Å². The number of carbonyl (C=O) groups is 3. The van der Waals surface area contributed by atoms with Crippen LogP contribution in [0.15, 0.2) is 23.8 Å². The van der Waals surface area contributed by atoms with Crippen molar-refractivity contribution < 1.29 is 29.3 Å². The second kappa shape index (κ2) is 10.1. The molecule has 0 bridgehead atoms. The molecule has 0 amide bonds. The third-order valence-corrected chi connectivity index (χ3v) is 5.58. The lowest BCUT2D eigenvalue weighted by Crippen LogP contribution is -2.45. The van der Waals surface area contributed by atoms with Crippen LogP contribution in [0.4, 0.5) is 0 Å². The van der Waals surface area contributed by atoms with Crippen molar-refractivity contribution in [1.82, 2.24) is 0 Å². The zero-order valence-electron chi connectivity index (χ0n) is 17.8. The van der Waals surface area contributed by atoms with E-state index < -0.39 is 42.0 Å². The van der Waals surface area contributed by atoms with E-state index in [9.17, 15) is 24.6 Å². The fourth-order valence-electron chi connectivity index (χ4n) is 3.25. The van der Waals surface area contributed by atoms with Gasteiger partial charge in [0.25, 0.3) is 0 Å². The van der Waals surface area contributed by atoms with Crippen LogP contribution in [0, 0.1) is 17.3 Å². The molecule has 0 aromatic rings. The fourth-order valence-corrected chi connectivity index (χ4v) is 3.25. The Morgan fingerprint density at radius 2 is 1.82 bits per heavy atom. The molecular weight excluding hydrogens is 360 g/mol. The smallest absolute Gasteiger partial charge is 0.309 e. The molecule has 6 nitrogen and oxygen atoms in total. The number of Topliss-reactive ketones (excluding diaryl/α,β-unsaturated/α-hetero) is 2. The maximum atomic E-state index is 12.9. The van der Waals surface area contributed by atoms with Crippen LogP contribution >= 0.6 is 0 Å². The van der Waals surface area contributed by atoms with Crippen LogP contribution in [-0.4, -0.2) is 46.1 Å². The first-order chi connectivity index (χ1) is 12.9. The summed E-state index contributed by atoms with van der Waals surface area (Å²) >= 11 is 0. The number of aliphatic hydroxyl groups excluding tert-OH is 2. The molecule has 158 valence electrons. The molecule has 1 aliphatic heterocycles. The molecule has 1 aliphatic rings. The van der Waals surface area contributed by atoms with Gasteiger partial charge in [-0.1, -0.05) is 51.5 Å². The average Bonchev–Trinajstić information content (AvgIpc) is 2.61. The van der Waals surface area contributed by atoms with E-state index in [4.69, 9.17) is 4.74 Å². The molecule has 0 aromatic carbocycles. The lowest BCUT2D eigenvalue weighted by Gasteiger charge is -2.34. The van der Waals surface area contributed by atoms with E-state index in [-0.39, 0.29) is 23.9 Å². The van der Waals surface area contributed by atoms with Crippen LogP contribution in [0.2, 0.25) is 0 Å². The first-order valence-electron chi connectivity index (χ1n) is 9.80. The van der Waals surface area contributed by atoms with Crippen LogP contribution < -0.4 is 0 Å². The van der Waals surface area contributed by atoms with Gasteiger partial charge in [-0.25, -0.2) is 0 Å². The number of hydrogen-bond donors (Lipinski definition) is 2. The van der Waals surface area contributed by atoms with E-state index in [0.717, 1.165) is 5.57 Å². The van der Waals surface area contributed by atoms with Gasteiger partial charge in [0, 0.05) is 18.3 Å². The molecule has 0 fully saturated rings. The monoisotopic (exact) mass is 394 g/mol. The third kappa shape index (κ3) is 6.38. The number of allylic oxidation sites excluding steroid dienone is 2. The van der Waals surface area contributed by atoms with Crippen LogP contribution in [-0.2, 0) is 19.1 Å². The highest BCUT2D eigenvalue weighted by Crippen LogP contribution is 2.31. The standard InChI is InChI=1S/C22H34O6/c1-13-8-7-9-14(2)20(26)15(3)21(27)22(5,6)18(24)12-19(25)28-17(11-10-13)16(4)23/h7,9-10,14-15,17-18,20,24,26H,8,11-12H2,1-6H3. The van der Waals surface area contributed by atoms with Gasteiger partial charge >= 0.3 is 5.97 Å². The van der Waals surface area contributed by atoms with E-state index in [2.05, 4.69) is 0 Å². The van der Waals surface area contributed by atoms with Gasteiger partial charge in [-0.05, 0) is 20.3 Å². The highest BCUT2D eigenvalue weighted by molar-refractivity contribution is 5.88. The quantitative estimate of drug-likeness (QED) is 0.524. The molecule has 5 unspecified atom stereocenters. The summed E-state index contributed by atoms with van der Waals surface area (Å²) in [5.74, 6) is -2.29. The van der Waals surface area contributed by atoms with Crippen molar-refractivity contribution in [1.29, 1.82) is 0 Å². The van der Waals surface area contributed by atoms with Crippen molar-refractivity contribution >= 4 is 17.5 Å². The molecule has 0 saturated carbocycles. The van der Waals surface area contributed by atoms with E-state index in [1.165, 1.54) is 6.92 Å². The van der Waals surface area contributed by atoms with E-state index in [1.54, 1.807) is 20.8 Å². The van der Waals surface area contributed by atoms with E-state index in [1.807, 2.05) is 32.1 Å². The molecular formula is C22H34O6. The summed E-state index contributed by atoms with van der Waals surface area (Å²) in [6, 6.07) is 0. The van der Waals surface area contributed by atoms with Crippen LogP contribution in [0.5, 0.6) is 0 Å². The second-order valence-corrected chi connectivity index (χ2v) is 8.45. The zero-order chi connectivity index (χ0) is 21.6. The SMILES string of the molecule is CC(=O)C1CC=C(C)CC=CC(C)C(O)C(C)C(=O)C(C)(C)C(O)CC(=O)O1. The Labute approximate surface area is 167 Å². The highest BCUT2D eigenvalue weighted by atomic mass is 16.5. The number of ketones is 2. The highest BCUT2D eigenvalue weighted by Gasteiger charge is 2.42. The Morgan fingerprint density at radius 3 is 2.39 bits per heavy atom. The van der Waals surface area contributed by atoms with Gasteiger partial charge in [-0.3, -0.25) is 14.4 Å². The largest absolute Gasteiger partial charge is 0.454 e. The van der Waals surface area contributed by atoms with Crippen molar-refractivity contribution in [2.45, 2.75) is 79.1 Å². The molecule has 28 heavy (non-hydrogen) atoms. The molecule has 0 spiro atoms. The summed E-state index contributed by atoms with van der Waals surface area (Å²) in [5, 5.41) is 21.1. The topological polar surface area (TPSA) is 101 Å². The molecule has 5 atom stereocenters. The van der Waals surface area contributed by atoms with Gasteiger partial charge in [0.1, 0.15) is 5.78 Å². The first-order valence-corrected chi connectivity index (χ1v) is 9.80. The minimum absolute atomic E-state index is 0.248. The van der Waals surface area contributed by atoms with Gasteiger partial charge in [0.2, 0.25) is 0 Å². The average molecular weight is 395 g/mol. The summed E-state index contributed by atoms with van der Waals surface area (Å²) < 4.78 is 5.25. The summed E-state index contributed by atoms with van der Waals surface area (Å²) in [6.45, 7) is 9.83. The molecule has 2 N–H and O–H groups in total. The number of aliphatic hydroxyl groups is 2. The van der Waals surface area contributed by atoms with Crippen molar-refractivity contribution in [3.63, 3.8) is 0 Å². The van der Waals surface area contributed by atoms with Gasteiger partial charge < -0.3 is 14.9 Å². The summed E-state index contributed by atoms with van der Waals surface area (Å²) in [5.41, 5.74) is -0.250. The van der Waals surface area contributed by atoms with Gasteiger partial charge in [-0.15, -0.1) is 0 Å². The lowest BCUT2D eigenvalue weighted by atomic mass is 9.73. The Morgan fingerprint density at radius 1 is 1.21 bits per heavy atom. The predicted octanol–water partition coefficient (Wildman–Crippen LogP) is 2.76. The molecule has 0 aliphatic carbocycles. The minimum atomic E-state index is -1.29. The van der Waals surface area contributed by atoms with Crippen molar-refractivity contribution in [2.24, 2.45) is 17.3 Å². The van der Waals surface area contributed by atoms with Gasteiger partial charge in [0.15, 0.2) is 11.9 Å². The summed E-state index contributed by atoms with van der Waals surface area (Å²) in [6.07, 6.45) is 3.02. The maximum Gasteiger partial charge on any atom is 0.309 e. The number of hydrogen-bond acceptors (Lipinski definition) is 6. The van der Waals surface area contributed by atoms with Crippen molar-refractivity contribution in [3.05, 3.63) is 23.8 Å². The first kappa shape index (κ1) is 24.2. The maximum absolute atomic E-state index is 12.9. The molecule has 0 saturated heterocycles. The normalized spacial score (nSPS) is 33.1. The van der Waals surface area contributed by atoms with Crippen LogP contribution in [0.3, 0.4) is 0 Å². The number of esters is 1. The predicted molar refractivity (Wildman–Crippen MR) is 106 cm³/mol. The molecule has 0 radical (unpaired) electrons. The Kier molecular flexibility index (Phi) is 8.76.